The van der Waals surface area contributed by atoms with Crippen molar-refractivity contribution in [1.82, 2.24) is 9.80 Å². The number of benzene rings is 2. The first-order chi connectivity index (χ1) is 13.2. The summed E-state index contributed by atoms with van der Waals surface area (Å²) < 4.78 is 5.55. The molecule has 1 aliphatic carbocycles. The zero-order chi connectivity index (χ0) is 18.4. The molecule has 0 saturated carbocycles. The summed E-state index contributed by atoms with van der Waals surface area (Å²) in [4.78, 5) is 12.9. The Morgan fingerprint density at radius 1 is 1.07 bits per heavy atom. The third-order valence-electron chi connectivity index (χ3n) is 5.48. The van der Waals surface area contributed by atoms with Gasteiger partial charge < -0.3 is 9.80 Å². The van der Waals surface area contributed by atoms with Gasteiger partial charge in [0.15, 0.2) is 0 Å². The van der Waals surface area contributed by atoms with Gasteiger partial charge in [0.1, 0.15) is 5.84 Å². The van der Waals surface area contributed by atoms with E-state index in [1.54, 1.807) is 0 Å². The predicted molar refractivity (Wildman–Crippen MR) is 125 cm³/mol. The number of aliphatic imine (C=N–C) groups is 1. The molecule has 0 unspecified atom stereocenters. The van der Waals surface area contributed by atoms with E-state index in [2.05, 4.69) is 63.8 Å². The van der Waals surface area contributed by atoms with Crippen molar-refractivity contribution >= 4 is 54.1 Å². The molecule has 3 aliphatic rings. The quantitative estimate of drug-likeness (QED) is 0.548. The summed E-state index contributed by atoms with van der Waals surface area (Å²) >= 11 is 1.77. The summed E-state index contributed by atoms with van der Waals surface area (Å²) in [5.41, 5.74) is 5.28. The molecule has 0 atom stereocenters. The fraction of sp³-hybridized carbons (Fsp3) is 0.273. The van der Waals surface area contributed by atoms with Gasteiger partial charge in [-0.05, 0) is 36.4 Å². The van der Waals surface area contributed by atoms with Crippen LogP contribution in [0, 0.1) is 3.57 Å². The number of fused-ring (bicyclic) bond motifs is 3. The van der Waals surface area contributed by atoms with Crippen LogP contribution in [0.15, 0.2) is 57.3 Å². The van der Waals surface area contributed by atoms with Gasteiger partial charge in [0.2, 0.25) is 0 Å². The number of hydrogen-bond donors (Lipinski definition) is 0. The molecule has 3 nitrogen and oxygen atoms in total. The number of hydrogen-bond acceptors (Lipinski definition) is 4. The second-order valence-corrected chi connectivity index (χ2v) is 10.4. The summed E-state index contributed by atoms with van der Waals surface area (Å²) in [6, 6.07) is 15.6. The minimum atomic E-state index is -0.152. The second-order valence-electron chi connectivity index (χ2n) is 7.21. The first kappa shape index (κ1) is 17.6. The maximum atomic E-state index is 5.24. The standard InChI is InChI=1S/C22H22IN3S/c1-23-16-7-8-18-19(14-16)27-20-13-15-5-3-4-6-17(15)21(20)22(24-18)26-11-9-25(2)10-12-26/h3-8,14H,1,9-13H2,2H3. The molecular formula is C22H22IN3S. The Kier molecular flexibility index (Phi) is 4.70. The lowest BCUT2D eigenvalue weighted by atomic mass is 10.0. The highest BCUT2D eigenvalue weighted by Gasteiger charge is 2.32. The van der Waals surface area contributed by atoms with Crippen LogP contribution < -0.4 is 0 Å². The van der Waals surface area contributed by atoms with Crippen molar-refractivity contribution in [3.8, 4) is 0 Å². The van der Waals surface area contributed by atoms with Gasteiger partial charge in [0, 0.05) is 51.5 Å². The van der Waals surface area contributed by atoms with Gasteiger partial charge in [0.25, 0.3) is 0 Å². The molecule has 0 amide bonds. The summed E-state index contributed by atoms with van der Waals surface area (Å²) in [6.07, 6.45) is 1.02. The fourth-order valence-corrected chi connectivity index (χ4v) is 6.33. The number of allylic oxidation sites excluding steroid dienone is 1. The first-order valence-corrected chi connectivity index (χ1v) is 12.7. The first-order valence-electron chi connectivity index (χ1n) is 9.27. The SMILES string of the molecule is C=Ic1ccc2c(c1)SC1=C(C(N3CCN(C)CC3)=N2)c2ccccc2C1. The Hall–Kier alpha value is -1.44. The van der Waals surface area contributed by atoms with Crippen molar-refractivity contribution < 1.29 is 0 Å². The lowest BCUT2D eigenvalue weighted by molar-refractivity contribution is 0.216. The van der Waals surface area contributed by atoms with Gasteiger partial charge in [-0.1, -0.05) is 61.3 Å². The van der Waals surface area contributed by atoms with E-state index in [-0.39, 0.29) is 20.7 Å². The van der Waals surface area contributed by atoms with Crippen LogP contribution in [0.5, 0.6) is 0 Å². The summed E-state index contributed by atoms with van der Waals surface area (Å²) in [6.45, 7) is 4.26. The van der Waals surface area contributed by atoms with E-state index in [1.165, 1.54) is 35.9 Å². The second kappa shape index (κ2) is 7.18. The smallest absolute Gasteiger partial charge is 0.138 e. The largest absolute Gasteiger partial charge is 0.353 e. The van der Waals surface area contributed by atoms with Gasteiger partial charge in [-0.2, -0.15) is 0 Å². The molecule has 0 N–H and O–H groups in total. The fourth-order valence-electron chi connectivity index (χ4n) is 3.96. The van der Waals surface area contributed by atoms with Gasteiger partial charge >= 0.3 is 0 Å². The lowest BCUT2D eigenvalue weighted by Crippen LogP contribution is -2.47. The molecule has 1 fully saturated rings. The van der Waals surface area contributed by atoms with Crippen molar-refractivity contribution in [2.24, 2.45) is 4.99 Å². The Bertz CT molecular complexity index is 987. The number of rotatable bonds is 1. The minimum absolute atomic E-state index is 0.152. The average molecular weight is 487 g/mol. The van der Waals surface area contributed by atoms with E-state index < -0.39 is 0 Å². The van der Waals surface area contributed by atoms with E-state index in [0.717, 1.165) is 38.3 Å². The molecule has 138 valence electrons. The van der Waals surface area contributed by atoms with Crippen molar-refractivity contribution in [3.05, 3.63) is 62.1 Å². The predicted octanol–water partition coefficient (Wildman–Crippen LogP) is 4.61. The van der Waals surface area contributed by atoms with E-state index in [9.17, 15) is 0 Å². The maximum Gasteiger partial charge on any atom is 0.138 e. The summed E-state index contributed by atoms with van der Waals surface area (Å²) in [7, 11) is 2.20. The van der Waals surface area contributed by atoms with Crippen molar-refractivity contribution in [2.45, 2.75) is 11.3 Å². The van der Waals surface area contributed by atoms with Crippen LogP contribution in [0.3, 0.4) is 0 Å². The van der Waals surface area contributed by atoms with E-state index in [0.29, 0.717) is 0 Å². The van der Waals surface area contributed by atoms with E-state index >= 15 is 0 Å². The van der Waals surface area contributed by atoms with Crippen LogP contribution in [0.4, 0.5) is 5.69 Å². The molecule has 0 bridgehead atoms. The number of thioether (sulfide) groups is 1. The molecule has 5 rings (SSSR count). The Balaban J connectivity index is 1.66. The van der Waals surface area contributed by atoms with Crippen LogP contribution in [-0.2, 0) is 6.42 Å². The summed E-state index contributed by atoms with van der Waals surface area (Å²) in [5, 5.41) is 0. The molecule has 0 radical (unpaired) electrons. The molecule has 2 aromatic rings. The molecular weight excluding hydrogens is 465 g/mol. The van der Waals surface area contributed by atoms with Gasteiger partial charge in [-0.25, -0.2) is 4.99 Å². The molecule has 2 aliphatic heterocycles. The Morgan fingerprint density at radius 2 is 1.89 bits per heavy atom. The molecule has 27 heavy (non-hydrogen) atoms. The Morgan fingerprint density at radius 3 is 2.70 bits per heavy atom. The zero-order valence-corrected chi connectivity index (χ0v) is 18.4. The molecule has 2 aromatic carbocycles. The van der Waals surface area contributed by atoms with Crippen LogP contribution in [0.1, 0.15) is 11.1 Å². The molecule has 0 aromatic heterocycles. The third-order valence-corrected chi connectivity index (χ3v) is 8.17. The number of nitrogens with zero attached hydrogens (tertiary/aromatic N) is 3. The van der Waals surface area contributed by atoms with Crippen molar-refractivity contribution in [3.63, 3.8) is 0 Å². The number of likely N-dealkylation sites (N-methyl/N-ethyl adjacent to an activating group) is 1. The highest BCUT2D eigenvalue weighted by Crippen LogP contribution is 2.48. The van der Waals surface area contributed by atoms with Crippen LogP contribution in [0.25, 0.3) is 5.57 Å². The average Bonchev–Trinajstić information content (AvgIpc) is 2.97. The zero-order valence-electron chi connectivity index (χ0n) is 15.4. The summed E-state index contributed by atoms with van der Waals surface area (Å²) in [5.74, 6) is 1.17. The molecule has 2 heterocycles. The number of piperazine rings is 1. The van der Waals surface area contributed by atoms with E-state index in [1.807, 2.05) is 11.8 Å². The lowest BCUT2D eigenvalue weighted by Gasteiger charge is -2.35. The van der Waals surface area contributed by atoms with Crippen molar-refractivity contribution in [1.29, 1.82) is 0 Å². The van der Waals surface area contributed by atoms with Crippen LogP contribution in [0.2, 0.25) is 0 Å². The number of halogens is 1. The highest BCUT2D eigenvalue weighted by atomic mass is 127. The van der Waals surface area contributed by atoms with E-state index in [4.69, 9.17) is 4.99 Å². The Labute approximate surface area is 174 Å². The molecule has 5 heteroatoms. The topological polar surface area (TPSA) is 18.8 Å². The molecule has 0 spiro atoms. The minimum Gasteiger partial charge on any atom is -0.353 e. The number of amidine groups is 1. The monoisotopic (exact) mass is 487 g/mol. The molecule has 1 saturated heterocycles. The van der Waals surface area contributed by atoms with Gasteiger partial charge in [-0.3, -0.25) is 0 Å². The van der Waals surface area contributed by atoms with Crippen molar-refractivity contribution in [2.75, 3.05) is 33.2 Å². The maximum absolute atomic E-state index is 5.24. The normalized spacial score (nSPS) is 19.3. The highest BCUT2D eigenvalue weighted by molar-refractivity contribution is 14.2. The van der Waals surface area contributed by atoms with Crippen LogP contribution in [-0.4, -0.2) is 53.4 Å². The van der Waals surface area contributed by atoms with Gasteiger partial charge in [0.05, 0.1) is 5.69 Å². The van der Waals surface area contributed by atoms with Gasteiger partial charge in [-0.15, -0.1) is 0 Å². The van der Waals surface area contributed by atoms with Crippen LogP contribution >= 0.6 is 32.5 Å². The third kappa shape index (κ3) is 3.19.